The number of furan rings is 1. The van der Waals surface area contributed by atoms with Crippen molar-refractivity contribution in [1.29, 1.82) is 0 Å². The molecule has 6 nitrogen and oxygen atoms in total. The number of hydrogen-bond acceptors (Lipinski definition) is 5. The molecule has 1 aliphatic heterocycles. The summed E-state index contributed by atoms with van der Waals surface area (Å²) in [6.45, 7) is 3.23. The third kappa shape index (κ3) is 4.45. The van der Waals surface area contributed by atoms with Crippen molar-refractivity contribution < 1.29 is 9.15 Å². The highest BCUT2D eigenvalue weighted by atomic mass is 32.1. The molecule has 0 spiro atoms. The smallest absolute Gasteiger partial charge is 0.170 e. The van der Waals surface area contributed by atoms with Gasteiger partial charge in [0.25, 0.3) is 0 Å². The summed E-state index contributed by atoms with van der Waals surface area (Å²) < 4.78 is 12.0. The second kappa shape index (κ2) is 9.42. The molecular weight excluding hydrogens is 432 g/mol. The van der Waals surface area contributed by atoms with Crippen molar-refractivity contribution in [3.05, 3.63) is 102 Å². The van der Waals surface area contributed by atoms with Crippen molar-refractivity contribution in [2.45, 2.75) is 25.6 Å². The third-order valence-electron chi connectivity index (χ3n) is 5.64. The Bertz CT molecular complexity index is 1210. The summed E-state index contributed by atoms with van der Waals surface area (Å²) in [6.07, 6.45) is 5.43. The lowest BCUT2D eigenvalue weighted by Gasteiger charge is -2.26. The summed E-state index contributed by atoms with van der Waals surface area (Å²) in [6, 6.07) is 21.6. The zero-order valence-corrected chi connectivity index (χ0v) is 19.0. The second-order valence-corrected chi connectivity index (χ2v) is 8.16. The molecule has 0 unspecified atom stereocenters. The van der Waals surface area contributed by atoms with Gasteiger partial charge in [0.15, 0.2) is 5.11 Å². The molecule has 1 saturated heterocycles. The van der Waals surface area contributed by atoms with Gasteiger partial charge in [-0.05, 0) is 79.3 Å². The Morgan fingerprint density at radius 2 is 1.91 bits per heavy atom. The number of aromatic nitrogens is 2. The van der Waals surface area contributed by atoms with Gasteiger partial charge in [0.05, 0.1) is 18.3 Å². The van der Waals surface area contributed by atoms with E-state index in [1.54, 1.807) is 12.4 Å². The Balaban J connectivity index is 1.49. The van der Waals surface area contributed by atoms with Gasteiger partial charge in [-0.3, -0.25) is 9.97 Å². The quantitative estimate of drug-likeness (QED) is 0.378. The highest BCUT2D eigenvalue weighted by molar-refractivity contribution is 7.80. The number of nitrogens with one attached hydrogen (secondary N) is 1. The number of ether oxygens (including phenoxy) is 1. The van der Waals surface area contributed by atoms with Crippen LogP contribution in [0.5, 0.6) is 5.75 Å². The first kappa shape index (κ1) is 21.2. The van der Waals surface area contributed by atoms with E-state index < -0.39 is 0 Å². The van der Waals surface area contributed by atoms with E-state index in [9.17, 15) is 0 Å². The molecule has 1 aromatic carbocycles. The highest BCUT2D eigenvalue weighted by Gasteiger charge is 2.41. The van der Waals surface area contributed by atoms with Gasteiger partial charge in [-0.15, -0.1) is 0 Å². The van der Waals surface area contributed by atoms with E-state index in [0.717, 1.165) is 34.1 Å². The van der Waals surface area contributed by atoms with Crippen LogP contribution >= 0.6 is 12.2 Å². The van der Waals surface area contributed by atoms with E-state index in [2.05, 4.69) is 20.2 Å². The lowest BCUT2D eigenvalue weighted by molar-refractivity contribution is 0.269. The standard InChI is InChI=1S/C26H24N4O2S/c1-2-31-20-10-8-19(9-11-20)22-12-13-23(32-22)25-24(21-7-3-4-15-28-21)29-26(33)30(25)17-18-6-5-14-27-16-18/h3-16,24-25H,2,17H2,1H3,(H,29,33)/t24-,25+/m1/s1. The largest absolute Gasteiger partial charge is 0.494 e. The average molecular weight is 457 g/mol. The molecule has 33 heavy (non-hydrogen) atoms. The minimum atomic E-state index is -0.149. The van der Waals surface area contributed by atoms with Crippen molar-refractivity contribution >= 4 is 17.3 Å². The molecule has 1 aliphatic rings. The van der Waals surface area contributed by atoms with Gasteiger partial charge in [0, 0.05) is 30.7 Å². The molecular formula is C26H24N4O2S. The summed E-state index contributed by atoms with van der Waals surface area (Å²) in [5, 5.41) is 4.12. The first-order valence-corrected chi connectivity index (χ1v) is 11.3. The summed E-state index contributed by atoms with van der Waals surface area (Å²) in [5.41, 5.74) is 2.98. The maximum absolute atomic E-state index is 6.40. The van der Waals surface area contributed by atoms with Gasteiger partial charge in [0.1, 0.15) is 23.3 Å². The van der Waals surface area contributed by atoms with Gasteiger partial charge >= 0.3 is 0 Å². The Labute approximate surface area is 198 Å². The average Bonchev–Trinajstić information content (AvgIpc) is 3.46. The maximum atomic E-state index is 6.40. The van der Waals surface area contributed by atoms with Crippen LogP contribution in [0.4, 0.5) is 0 Å². The van der Waals surface area contributed by atoms with Crippen LogP contribution in [0, 0.1) is 0 Å². The molecule has 7 heteroatoms. The van der Waals surface area contributed by atoms with Crippen LogP contribution in [0.1, 0.15) is 36.0 Å². The van der Waals surface area contributed by atoms with Gasteiger partial charge in [-0.2, -0.15) is 0 Å². The monoisotopic (exact) mass is 456 g/mol. The van der Waals surface area contributed by atoms with E-state index in [4.69, 9.17) is 21.4 Å². The number of benzene rings is 1. The minimum absolute atomic E-state index is 0.130. The predicted molar refractivity (Wildman–Crippen MR) is 131 cm³/mol. The first-order valence-electron chi connectivity index (χ1n) is 10.9. The van der Waals surface area contributed by atoms with Crippen LogP contribution in [-0.2, 0) is 6.54 Å². The Hall–Kier alpha value is -3.71. The molecule has 5 rings (SSSR count). The fourth-order valence-corrected chi connectivity index (χ4v) is 4.43. The zero-order valence-electron chi connectivity index (χ0n) is 18.2. The van der Waals surface area contributed by atoms with E-state index in [1.807, 2.05) is 79.9 Å². The maximum Gasteiger partial charge on any atom is 0.170 e. The minimum Gasteiger partial charge on any atom is -0.494 e. The first-order chi connectivity index (χ1) is 16.2. The fourth-order valence-electron chi connectivity index (χ4n) is 4.12. The molecule has 4 aromatic rings. The molecule has 1 fully saturated rings. The number of rotatable bonds is 7. The Morgan fingerprint density at radius 3 is 2.64 bits per heavy atom. The van der Waals surface area contributed by atoms with Crippen molar-refractivity contribution in [2.24, 2.45) is 0 Å². The molecule has 3 aromatic heterocycles. The van der Waals surface area contributed by atoms with Crippen molar-refractivity contribution in [1.82, 2.24) is 20.2 Å². The SMILES string of the molecule is CCOc1ccc(-c2ccc([C@H]3[C@@H](c4ccccn4)NC(=S)N3Cc3cccnc3)o2)cc1. The predicted octanol–water partition coefficient (Wildman–Crippen LogP) is 5.31. The van der Waals surface area contributed by atoms with E-state index in [0.29, 0.717) is 18.3 Å². The molecule has 0 aliphatic carbocycles. The van der Waals surface area contributed by atoms with Gasteiger partial charge in [-0.1, -0.05) is 12.1 Å². The Morgan fingerprint density at radius 1 is 1.03 bits per heavy atom. The van der Waals surface area contributed by atoms with Crippen LogP contribution in [0.3, 0.4) is 0 Å². The van der Waals surface area contributed by atoms with Crippen LogP contribution in [0.25, 0.3) is 11.3 Å². The number of nitrogens with zero attached hydrogens (tertiary/aromatic N) is 3. The molecule has 0 amide bonds. The molecule has 0 bridgehead atoms. The summed E-state index contributed by atoms with van der Waals surface area (Å²) >= 11 is 5.74. The van der Waals surface area contributed by atoms with Crippen molar-refractivity contribution in [3.63, 3.8) is 0 Å². The lowest BCUT2D eigenvalue weighted by Crippen LogP contribution is -2.29. The molecule has 1 N–H and O–H groups in total. The molecule has 0 radical (unpaired) electrons. The number of pyridine rings is 2. The lowest BCUT2D eigenvalue weighted by atomic mass is 10.0. The highest BCUT2D eigenvalue weighted by Crippen LogP contribution is 2.41. The second-order valence-electron chi connectivity index (χ2n) is 7.78. The van der Waals surface area contributed by atoms with Gasteiger partial charge in [-0.25, -0.2) is 0 Å². The molecule has 0 saturated carbocycles. The van der Waals surface area contributed by atoms with E-state index >= 15 is 0 Å². The summed E-state index contributed by atoms with van der Waals surface area (Å²) in [5.74, 6) is 2.47. The van der Waals surface area contributed by atoms with Crippen molar-refractivity contribution in [2.75, 3.05) is 6.61 Å². The fraction of sp³-hybridized carbons (Fsp3) is 0.192. The van der Waals surface area contributed by atoms with E-state index in [-0.39, 0.29) is 12.1 Å². The number of hydrogen-bond donors (Lipinski definition) is 1. The molecule has 2 atom stereocenters. The van der Waals surface area contributed by atoms with Crippen LogP contribution < -0.4 is 10.1 Å². The normalized spacial score (nSPS) is 17.7. The molecule has 4 heterocycles. The van der Waals surface area contributed by atoms with Crippen LogP contribution in [0.2, 0.25) is 0 Å². The molecule has 166 valence electrons. The van der Waals surface area contributed by atoms with Crippen LogP contribution in [-0.4, -0.2) is 26.6 Å². The van der Waals surface area contributed by atoms with Crippen molar-refractivity contribution in [3.8, 4) is 17.1 Å². The Kier molecular flexibility index (Phi) is 6.04. The third-order valence-corrected chi connectivity index (χ3v) is 5.99. The topological polar surface area (TPSA) is 63.4 Å². The van der Waals surface area contributed by atoms with Crippen LogP contribution in [0.15, 0.2) is 89.7 Å². The van der Waals surface area contributed by atoms with E-state index in [1.165, 1.54) is 0 Å². The number of thiocarbonyl (C=S) groups is 1. The van der Waals surface area contributed by atoms with Gasteiger partial charge in [0.2, 0.25) is 0 Å². The zero-order chi connectivity index (χ0) is 22.6. The summed E-state index contributed by atoms with van der Waals surface area (Å²) in [4.78, 5) is 11.0. The van der Waals surface area contributed by atoms with Gasteiger partial charge < -0.3 is 19.4 Å². The summed E-state index contributed by atoms with van der Waals surface area (Å²) in [7, 11) is 0.